The van der Waals surface area contributed by atoms with Crippen molar-refractivity contribution in [2.45, 2.75) is 63.1 Å². The number of anilines is 1. The van der Waals surface area contributed by atoms with Crippen molar-refractivity contribution in [3.8, 4) is 0 Å². The predicted octanol–water partition coefficient (Wildman–Crippen LogP) is 4.81. The molecule has 1 aromatic heterocycles. The molecule has 1 aliphatic rings. The van der Waals surface area contributed by atoms with Gasteiger partial charge in [-0.15, -0.1) is 16.8 Å². The summed E-state index contributed by atoms with van der Waals surface area (Å²) >= 11 is 1.44. The van der Waals surface area contributed by atoms with Crippen molar-refractivity contribution in [3.63, 3.8) is 0 Å². The van der Waals surface area contributed by atoms with Gasteiger partial charge in [-0.1, -0.05) is 56.2 Å². The Morgan fingerprint density at radius 1 is 1.33 bits per heavy atom. The molecule has 1 saturated carbocycles. The summed E-state index contributed by atoms with van der Waals surface area (Å²) < 4.78 is 2.12. The number of allylic oxidation sites excluding steroid dienone is 1. The topological polar surface area (TPSA) is 59.8 Å². The van der Waals surface area contributed by atoms with Gasteiger partial charge in [0.05, 0.1) is 5.75 Å². The first-order chi connectivity index (χ1) is 13.2. The molecular weight excluding hydrogens is 356 g/mol. The molecular formula is C21H28N4OS. The van der Waals surface area contributed by atoms with Crippen LogP contribution >= 0.6 is 11.8 Å². The molecule has 0 atom stereocenters. The zero-order valence-electron chi connectivity index (χ0n) is 16.0. The highest BCUT2D eigenvalue weighted by atomic mass is 32.2. The van der Waals surface area contributed by atoms with Crippen LogP contribution in [0.3, 0.4) is 0 Å². The van der Waals surface area contributed by atoms with Crippen LogP contribution in [0.4, 0.5) is 5.69 Å². The van der Waals surface area contributed by atoms with Crippen molar-refractivity contribution in [2.24, 2.45) is 0 Å². The Kier molecular flexibility index (Phi) is 7.10. The number of nitrogens with zero attached hydrogens (tertiary/aromatic N) is 3. The molecule has 1 fully saturated rings. The Morgan fingerprint density at radius 2 is 2.15 bits per heavy atom. The quantitative estimate of drug-likeness (QED) is 0.524. The molecule has 1 aromatic carbocycles. The van der Waals surface area contributed by atoms with Crippen molar-refractivity contribution in [2.75, 3.05) is 11.1 Å². The summed E-state index contributed by atoms with van der Waals surface area (Å²) in [6.45, 7) is 6.65. The minimum atomic E-state index is -0.0272. The van der Waals surface area contributed by atoms with Crippen molar-refractivity contribution in [1.29, 1.82) is 0 Å². The Balaban J connectivity index is 1.63. The molecule has 1 aliphatic carbocycles. The molecule has 0 unspecified atom stereocenters. The third kappa shape index (κ3) is 5.22. The molecule has 2 aromatic rings. The number of nitrogens with one attached hydrogen (secondary N) is 1. The normalized spacial score (nSPS) is 14.9. The van der Waals surface area contributed by atoms with Gasteiger partial charge in [0.1, 0.15) is 5.82 Å². The van der Waals surface area contributed by atoms with E-state index < -0.39 is 0 Å². The maximum atomic E-state index is 12.4. The van der Waals surface area contributed by atoms with Crippen molar-refractivity contribution in [3.05, 3.63) is 48.3 Å². The zero-order valence-corrected chi connectivity index (χ0v) is 16.8. The lowest BCUT2D eigenvalue weighted by atomic mass is 9.89. The largest absolute Gasteiger partial charge is 0.325 e. The molecule has 1 heterocycles. The SMILES string of the molecule is C=CCn1c(SCC(=O)Nc2cccc(CC)c2)nnc1C1CCCCC1. The van der Waals surface area contributed by atoms with Gasteiger partial charge in [-0.2, -0.15) is 0 Å². The van der Waals surface area contributed by atoms with Gasteiger partial charge in [-0.25, -0.2) is 0 Å². The third-order valence-electron chi connectivity index (χ3n) is 4.98. The van der Waals surface area contributed by atoms with E-state index in [-0.39, 0.29) is 5.91 Å². The average Bonchev–Trinajstić information content (AvgIpc) is 3.10. The first-order valence-corrected chi connectivity index (χ1v) is 10.8. The number of rotatable bonds is 8. The van der Waals surface area contributed by atoms with Crippen LogP contribution in [0.1, 0.15) is 56.3 Å². The van der Waals surface area contributed by atoms with E-state index in [1.807, 2.05) is 24.3 Å². The highest BCUT2D eigenvalue weighted by Gasteiger charge is 2.23. The minimum Gasteiger partial charge on any atom is -0.325 e. The van der Waals surface area contributed by atoms with Gasteiger partial charge in [0, 0.05) is 18.2 Å². The zero-order chi connectivity index (χ0) is 19.1. The second-order valence-corrected chi connectivity index (χ2v) is 7.91. The predicted molar refractivity (Wildman–Crippen MR) is 111 cm³/mol. The number of thioether (sulfide) groups is 1. The van der Waals surface area contributed by atoms with Crippen LogP contribution in [0, 0.1) is 0 Å². The molecule has 1 amide bonds. The standard InChI is InChI=1S/C21H28N4OS/c1-3-13-25-20(17-10-6-5-7-11-17)23-24-21(25)27-15-19(26)22-18-12-8-9-16(4-2)14-18/h3,8-9,12,14,17H,1,4-7,10-11,13,15H2,2H3,(H,22,26). The fourth-order valence-electron chi connectivity index (χ4n) is 3.57. The summed E-state index contributed by atoms with van der Waals surface area (Å²) in [5, 5.41) is 12.6. The van der Waals surface area contributed by atoms with Gasteiger partial charge in [0.2, 0.25) is 5.91 Å². The number of carbonyl (C=O) groups is 1. The molecule has 3 rings (SSSR count). The lowest BCUT2D eigenvalue weighted by Gasteiger charge is -2.21. The minimum absolute atomic E-state index is 0.0272. The molecule has 144 valence electrons. The number of benzene rings is 1. The summed E-state index contributed by atoms with van der Waals surface area (Å²) in [6.07, 6.45) is 9.00. The maximum absolute atomic E-state index is 12.4. The summed E-state index contributed by atoms with van der Waals surface area (Å²) in [5.41, 5.74) is 2.05. The highest BCUT2D eigenvalue weighted by molar-refractivity contribution is 7.99. The molecule has 0 bridgehead atoms. The van der Waals surface area contributed by atoms with Crippen molar-refractivity contribution >= 4 is 23.4 Å². The Bertz CT molecular complexity index is 780. The van der Waals surface area contributed by atoms with Crippen LogP contribution in [0.15, 0.2) is 42.1 Å². The second kappa shape index (κ2) is 9.74. The first-order valence-electron chi connectivity index (χ1n) is 9.76. The Morgan fingerprint density at radius 3 is 2.89 bits per heavy atom. The van der Waals surface area contributed by atoms with Crippen LogP contribution in [0.2, 0.25) is 0 Å². The Labute approximate surface area is 165 Å². The molecule has 6 heteroatoms. The van der Waals surface area contributed by atoms with Gasteiger partial charge in [0.25, 0.3) is 0 Å². The second-order valence-electron chi connectivity index (χ2n) is 6.97. The van der Waals surface area contributed by atoms with Gasteiger partial charge in [0.15, 0.2) is 5.16 Å². The molecule has 0 aliphatic heterocycles. The smallest absolute Gasteiger partial charge is 0.234 e. The molecule has 1 N–H and O–H groups in total. The monoisotopic (exact) mass is 384 g/mol. The highest BCUT2D eigenvalue weighted by Crippen LogP contribution is 2.33. The molecule has 0 radical (unpaired) electrons. The molecule has 5 nitrogen and oxygen atoms in total. The number of hydrogen-bond acceptors (Lipinski definition) is 4. The van der Waals surface area contributed by atoms with Gasteiger partial charge in [-0.3, -0.25) is 4.79 Å². The van der Waals surface area contributed by atoms with Gasteiger partial charge < -0.3 is 9.88 Å². The summed E-state index contributed by atoms with van der Waals surface area (Å²) in [4.78, 5) is 12.4. The van der Waals surface area contributed by atoms with E-state index in [1.165, 1.54) is 49.4 Å². The molecule has 0 spiro atoms. The Hall–Kier alpha value is -2.08. The first kappa shape index (κ1) is 19.7. The van der Waals surface area contributed by atoms with Crippen LogP contribution in [-0.4, -0.2) is 26.4 Å². The van der Waals surface area contributed by atoms with Gasteiger partial charge >= 0.3 is 0 Å². The average molecular weight is 385 g/mol. The number of amides is 1. The van der Waals surface area contributed by atoms with E-state index >= 15 is 0 Å². The third-order valence-corrected chi connectivity index (χ3v) is 5.95. The van der Waals surface area contributed by atoms with E-state index in [1.54, 1.807) is 0 Å². The van der Waals surface area contributed by atoms with Crippen LogP contribution in [-0.2, 0) is 17.8 Å². The number of hydrogen-bond donors (Lipinski definition) is 1. The van der Waals surface area contributed by atoms with E-state index in [2.05, 4.69) is 39.7 Å². The lowest BCUT2D eigenvalue weighted by Crippen LogP contribution is -2.15. The van der Waals surface area contributed by atoms with Crippen molar-refractivity contribution in [1.82, 2.24) is 14.8 Å². The van der Waals surface area contributed by atoms with E-state index in [4.69, 9.17) is 0 Å². The number of carbonyl (C=O) groups excluding carboxylic acids is 1. The fourth-order valence-corrected chi connectivity index (χ4v) is 4.32. The maximum Gasteiger partial charge on any atom is 0.234 e. The van der Waals surface area contributed by atoms with Crippen LogP contribution < -0.4 is 5.32 Å². The fraction of sp³-hybridized carbons (Fsp3) is 0.476. The van der Waals surface area contributed by atoms with E-state index in [9.17, 15) is 4.79 Å². The van der Waals surface area contributed by atoms with Crippen molar-refractivity contribution < 1.29 is 4.79 Å². The van der Waals surface area contributed by atoms with Crippen LogP contribution in [0.25, 0.3) is 0 Å². The molecule has 0 saturated heterocycles. The lowest BCUT2D eigenvalue weighted by molar-refractivity contribution is -0.113. The summed E-state index contributed by atoms with van der Waals surface area (Å²) in [5.74, 6) is 1.82. The van der Waals surface area contributed by atoms with Crippen LogP contribution in [0.5, 0.6) is 0 Å². The van der Waals surface area contributed by atoms with E-state index in [0.29, 0.717) is 18.2 Å². The summed E-state index contributed by atoms with van der Waals surface area (Å²) in [6, 6.07) is 7.97. The number of aryl methyl sites for hydroxylation is 1. The molecule has 27 heavy (non-hydrogen) atoms. The number of aromatic nitrogens is 3. The summed E-state index contributed by atoms with van der Waals surface area (Å²) in [7, 11) is 0. The van der Waals surface area contributed by atoms with Gasteiger partial charge in [-0.05, 0) is 37.0 Å². The van der Waals surface area contributed by atoms with E-state index in [0.717, 1.165) is 23.1 Å².